The Morgan fingerprint density at radius 3 is 1.71 bits per heavy atom. The Hall–Kier alpha value is -1.66. The molecule has 0 radical (unpaired) electrons. The number of carbonyl (C=O) groups excluding carboxylic acids is 2. The van der Waals surface area contributed by atoms with Crippen molar-refractivity contribution in [1.82, 2.24) is 0 Å². The van der Waals surface area contributed by atoms with Crippen LogP contribution in [0.3, 0.4) is 0 Å². The first-order chi connectivity index (χ1) is 13.7. The highest BCUT2D eigenvalue weighted by atomic mass is 32.1. The van der Waals surface area contributed by atoms with E-state index in [9.17, 15) is 9.59 Å². The molecule has 2 heterocycles. The summed E-state index contributed by atoms with van der Waals surface area (Å²) < 4.78 is 12.1. The molecule has 4 fully saturated rings. The molecule has 4 aliphatic rings. The van der Waals surface area contributed by atoms with E-state index >= 15 is 0 Å². The Bertz CT molecular complexity index is 818. The van der Waals surface area contributed by atoms with E-state index in [1.165, 1.54) is 41.9 Å². The average Bonchev–Trinajstić information content (AvgIpc) is 3.53. The molecule has 0 aromatic carbocycles. The molecule has 146 valence electrons. The van der Waals surface area contributed by atoms with Gasteiger partial charge in [0.25, 0.3) is 0 Å². The van der Waals surface area contributed by atoms with Gasteiger partial charge in [-0.05, 0) is 72.2 Å². The maximum atomic E-state index is 12.7. The lowest BCUT2D eigenvalue weighted by molar-refractivity contribution is -0.0890. The molecule has 4 bridgehead atoms. The summed E-state index contributed by atoms with van der Waals surface area (Å²) in [6.45, 7) is 0. The van der Waals surface area contributed by atoms with Crippen LogP contribution < -0.4 is 0 Å². The largest absolute Gasteiger partial charge is 0.454 e. The van der Waals surface area contributed by atoms with Gasteiger partial charge in [0.1, 0.15) is 12.2 Å². The molecule has 8 unspecified atom stereocenters. The Labute approximate surface area is 171 Å². The van der Waals surface area contributed by atoms with Gasteiger partial charge >= 0.3 is 11.9 Å². The minimum absolute atomic E-state index is 0.282. The van der Waals surface area contributed by atoms with Crippen molar-refractivity contribution in [3.8, 4) is 0 Å². The highest BCUT2D eigenvalue weighted by molar-refractivity contribution is 7.08. The number of ether oxygens (including phenoxy) is 2. The molecular formula is C22H22O4S2. The van der Waals surface area contributed by atoms with Crippen LogP contribution in [-0.2, 0) is 9.47 Å². The number of esters is 2. The lowest BCUT2D eigenvalue weighted by Crippen LogP contribution is -2.48. The van der Waals surface area contributed by atoms with E-state index in [0.29, 0.717) is 34.8 Å². The second-order valence-corrected chi connectivity index (χ2v) is 10.4. The van der Waals surface area contributed by atoms with Gasteiger partial charge in [0.2, 0.25) is 0 Å². The monoisotopic (exact) mass is 414 g/mol. The first kappa shape index (κ1) is 17.2. The van der Waals surface area contributed by atoms with Crippen LogP contribution in [0.4, 0.5) is 0 Å². The number of hydrogen-bond donors (Lipinski definition) is 0. The zero-order valence-electron chi connectivity index (χ0n) is 15.4. The Morgan fingerprint density at radius 1 is 0.786 bits per heavy atom. The van der Waals surface area contributed by atoms with E-state index in [0.717, 1.165) is 18.3 Å². The molecule has 28 heavy (non-hydrogen) atoms. The van der Waals surface area contributed by atoms with Gasteiger partial charge in [0.15, 0.2) is 0 Å². The molecule has 8 atom stereocenters. The second-order valence-electron chi connectivity index (χ2n) is 8.82. The minimum atomic E-state index is -0.305. The molecule has 4 saturated carbocycles. The molecule has 4 aliphatic carbocycles. The van der Waals surface area contributed by atoms with Crippen LogP contribution in [-0.4, -0.2) is 24.1 Å². The SMILES string of the molecule is O=C(OC1C2CC(C1OC(=O)c1ccsc1)C1C3CCC(C3)C21)c1ccsc1. The lowest BCUT2D eigenvalue weighted by atomic mass is 9.69. The van der Waals surface area contributed by atoms with Gasteiger partial charge in [0, 0.05) is 22.6 Å². The summed E-state index contributed by atoms with van der Waals surface area (Å²) in [7, 11) is 0. The number of hydrogen-bond acceptors (Lipinski definition) is 6. The highest BCUT2D eigenvalue weighted by Crippen LogP contribution is 2.68. The van der Waals surface area contributed by atoms with Crippen molar-refractivity contribution in [2.45, 2.75) is 37.9 Å². The maximum absolute atomic E-state index is 12.7. The van der Waals surface area contributed by atoms with Crippen molar-refractivity contribution >= 4 is 34.6 Å². The predicted octanol–water partition coefficient (Wildman–Crippen LogP) is 4.87. The van der Waals surface area contributed by atoms with E-state index in [1.54, 1.807) is 12.1 Å². The third-order valence-corrected chi connectivity index (χ3v) is 9.11. The van der Waals surface area contributed by atoms with E-state index in [2.05, 4.69) is 0 Å². The molecular weight excluding hydrogens is 392 g/mol. The van der Waals surface area contributed by atoms with Crippen LogP contribution in [0.5, 0.6) is 0 Å². The molecule has 2 aromatic heterocycles. The normalized spacial score (nSPS) is 39.9. The fourth-order valence-corrected chi connectivity index (χ4v) is 8.18. The molecule has 4 nitrogen and oxygen atoms in total. The summed E-state index contributed by atoms with van der Waals surface area (Å²) >= 11 is 2.98. The first-order valence-electron chi connectivity index (χ1n) is 10.2. The molecule has 6 heteroatoms. The van der Waals surface area contributed by atoms with Crippen LogP contribution in [0, 0.1) is 35.5 Å². The summed E-state index contributed by atoms with van der Waals surface area (Å²) in [5.41, 5.74) is 1.19. The third-order valence-electron chi connectivity index (χ3n) is 7.75. The Morgan fingerprint density at radius 2 is 1.29 bits per heavy atom. The lowest BCUT2D eigenvalue weighted by Gasteiger charge is -2.42. The van der Waals surface area contributed by atoms with Gasteiger partial charge in [-0.1, -0.05) is 0 Å². The number of carbonyl (C=O) groups is 2. The standard InChI is InChI=1S/C22H22O4S2/c23-21(13-3-5-27-9-13)25-19-15-8-16(18-12-2-1-11(7-12)17(15)18)20(19)26-22(24)14-4-6-28-10-14/h3-6,9-12,15-20H,1-2,7-8H2. The van der Waals surface area contributed by atoms with Gasteiger partial charge in [0.05, 0.1) is 11.1 Å². The summed E-state index contributed by atoms with van der Waals surface area (Å²) in [4.78, 5) is 25.4. The van der Waals surface area contributed by atoms with E-state index in [1.807, 2.05) is 21.5 Å². The molecule has 0 saturated heterocycles. The van der Waals surface area contributed by atoms with Crippen molar-refractivity contribution in [3.63, 3.8) is 0 Å². The number of thiophene rings is 2. The molecule has 0 aliphatic heterocycles. The predicted molar refractivity (Wildman–Crippen MR) is 106 cm³/mol. The molecule has 6 rings (SSSR count). The maximum Gasteiger partial charge on any atom is 0.339 e. The third kappa shape index (κ3) is 2.47. The Balaban J connectivity index is 1.29. The fraction of sp³-hybridized carbons (Fsp3) is 0.545. The van der Waals surface area contributed by atoms with Crippen molar-refractivity contribution < 1.29 is 19.1 Å². The summed E-state index contributed by atoms with van der Waals surface area (Å²) in [5, 5.41) is 7.42. The molecule has 0 spiro atoms. The minimum Gasteiger partial charge on any atom is -0.454 e. The molecule has 0 N–H and O–H groups in total. The molecule has 0 amide bonds. The smallest absolute Gasteiger partial charge is 0.339 e. The fourth-order valence-electron chi connectivity index (χ4n) is 6.93. The summed E-state index contributed by atoms with van der Waals surface area (Å²) in [5.74, 6) is 2.98. The van der Waals surface area contributed by atoms with E-state index in [4.69, 9.17) is 9.47 Å². The van der Waals surface area contributed by atoms with Gasteiger partial charge in [-0.15, -0.1) is 0 Å². The van der Waals surface area contributed by atoms with Crippen molar-refractivity contribution in [2.75, 3.05) is 0 Å². The Kier molecular flexibility index (Phi) is 3.95. The van der Waals surface area contributed by atoms with E-state index in [-0.39, 0.29) is 24.1 Å². The van der Waals surface area contributed by atoms with Gasteiger partial charge in [-0.3, -0.25) is 0 Å². The number of rotatable bonds is 4. The summed E-state index contributed by atoms with van der Waals surface area (Å²) in [6.07, 6.45) is 4.38. The van der Waals surface area contributed by atoms with Gasteiger partial charge in [-0.25, -0.2) is 9.59 Å². The van der Waals surface area contributed by atoms with Gasteiger partial charge in [-0.2, -0.15) is 22.7 Å². The quantitative estimate of drug-likeness (QED) is 0.529. The van der Waals surface area contributed by atoms with Crippen molar-refractivity contribution in [3.05, 3.63) is 44.8 Å². The topological polar surface area (TPSA) is 52.6 Å². The molecule has 2 aromatic rings. The van der Waals surface area contributed by atoms with Crippen LogP contribution in [0.25, 0.3) is 0 Å². The second kappa shape index (κ2) is 6.42. The zero-order chi connectivity index (χ0) is 18.8. The van der Waals surface area contributed by atoms with Crippen LogP contribution >= 0.6 is 22.7 Å². The van der Waals surface area contributed by atoms with Gasteiger partial charge < -0.3 is 9.47 Å². The van der Waals surface area contributed by atoms with Crippen molar-refractivity contribution in [2.24, 2.45) is 35.5 Å². The van der Waals surface area contributed by atoms with Crippen LogP contribution in [0.1, 0.15) is 46.4 Å². The summed E-state index contributed by atoms with van der Waals surface area (Å²) in [6, 6.07) is 3.60. The van der Waals surface area contributed by atoms with Crippen molar-refractivity contribution in [1.29, 1.82) is 0 Å². The van der Waals surface area contributed by atoms with Crippen LogP contribution in [0.15, 0.2) is 33.7 Å². The average molecular weight is 415 g/mol. The highest BCUT2D eigenvalue weighted by Gasteiger charge is 2.68. The first-order valence-corrected chi connectivity index (χ1v) is 12.1. The zero-order valence-corrected chi connectivity index (χ0v) is 17.0. The van der Waals surface area contributed by atoms with Crippen LogP contribution in [0.2, 0.25) is 0 Å². The number of fused-ring (bicyclic) bond motifs is 9. The van der Waals surface area contributed by atoms with E-state index < -0.39 is 0 Å².